The molecule has 0 amide bonds. The fourth-order valence-corrected chi connectivity index (χ4v) is 7.86. The molecule has 0 bridgehead atoms. The standard InChI is InChI=1S/C24H25OP/c1-4-12-22(13-5-1)26(23-14-6-2-7-15-23,24-16-8-3-9-17-24)20-18-21-11-10-19-25-21/h1-9,12-17,20-21H,10-11,18-19H2/q+1. The molecule has 4 rings (SSSR count). The van der Waals surface area contributed by atoms with E-state index in [2.05, 4.69) is 97.2 Å². The van der Waals surface area contributed by atoms with Gasteiger partial charge in [-0.1, -0.05) is 54.6 Å². The SMILES string of the molecule is [CH](CC1CCCO1)[P+](c1ccccc1)(c1ccccc1)c1ccccc1. The van der Waals surface area contributed by atoms with Gasteiger partial charge in [0.25, 0.3) is 0 Å². The maximum Gasteiger partial charge on any atom is 0.124 e. The molecule has 1 radical (unpaired) electrons. The van der Waals surface area contributed by atoms with Gasteiger partial charge in [0.2, 0.25) is 0 Å². The van der Waals surface area contributed by atoms with Crippen LogP contribution < -0.4 is 15.9 Å². The second-order valence-electron chi connectivity index (χ2n) is 6.78. The topological polar surface area (TPSA) is 9.23 Å². The zero-order valence-corrected chi connectivity index (χ0v) is 15.9. The monoisotopic (exact) mass is 360 g/mol. The van der Waals surface area contributed by atoms with Crippen molar-refractivity contribution in [1.29, 1.82) is 0 Å². The van der Waals surface area contributed by atoms with Crippen LogP contribution in [0.15, 0.2) is 91.0 Å². The molecule has 1 fully saturated rings. The van der Waals surface area contributed by atoms with Crippen molar-refractivity contribution in [3.05, 3.63) is 97.2 Å². The van der Waals surface area contributed by atoms with Crippen LogP contribution in [0.5, 0.6) is 0 Å². The average molecular weight is 360 g/mol. The van der Waals surface area contributed by atoms with Gasteiger partial charge in [0, 0.05) is 13.0 Å². The van der Waals surface area contributed by atoms with Crippen molar-refractivity contribution < 1.29 is 4.74 Å². The van der Waals surface area contributed by atoms with E-state index in [0.29, 0.717) is 6.10 Å². The highest BCUT2D eigenvalue weighted by atomic mass is 31.2. The van der Waals surface area contributed by atoms with E-state index < -0.39 is 7.26 Å². The van der Waals surface area contributed by atoms with Crippen molar-refractivity contribution in [1.82, 2.24) is 0 Å². The fraction of sp³-hybridized carbons (Fsp3) is 0.208. The molecule has 1 atom stereocenters. The van der Waals surface area contributed by atoms with Crippen molar-refractivity contribution in [3.63, 3.8) is 0 Å². The Bertz CT molecular complexity index is 699. The van der Waals surface area contributed by atoms with Crippen molar-refractivity contribution in [2.45, 2.75) is 25.4 Å². The summed E-state index contributed by atoms with van der Waals surface area (Å²) in [5.74, 6) is 0. The molecule has 2 heteroatoms. The molecule has 1 aliphatic heterocycles. The number of hydrogen-bond donors (Lipinski definition) is 0. The van der Waals surface area contributed by atoms with Crippen molar-refractivity contribution in [3.8, 4) is 0 Å². The highest BCUT2D eigenvalue weighted by Gasteiger charge is 2.46. The smallest absolute Gasteiger partial charge is 0.124 e. The van der Waals surface area contributed by atoms with Gasteiger partial charge in [-0.15, -0.1) is 0 Å². The molecule has 0 aromatic heterocycles. The first-order valence-electron chi connectivity index (χ1n) is 9.41. The van der Waals surface area contributed by atoms with Gasteiger partial charge in [0.15, 0.2) is 0 Å². The average Bonchev–Trinajstić information content (AvgIpc) is 3.25. The summed E-state index contributed by atoms with van der Waals surface area (Å²) in [4.78, 5) is 0. The molecular formula is C24H25OP+. The van der Waals surface area contributed by atoms with Crippen LogP contribution in [0.4, 0.5) is 0 Å². The van der Waals surface area contributed by atoms with Gasteiger partial charge in [0.1, 0.15) is 29.3 Å². The molecule has 0 saturated carbocycles. The van der Waals surface area contributed by atoms with Gasteiger partial charge in [-0.2, -0.15) is 0 Å². The molecule has 3 aromatic carbocycles. The number of hydrogen-bond acceptors (Lipinski definition) is 1. The molecule has 131 valence electrons. The Morgan fingerprint density at radius 1 is 0.731 bits per heavy atom. The van der Waals surface area contributed by atoms with Crippen LogP contribution in [0.2, 0.25) is 0 Å². The molecule has 1 saturated heterocycles. The summed E-state index contributed by atoms with van der Waals surface area (Å²) >= 11 is 0. The minimum Gasteiger partial charge on any atom is -0.378 e. The third-order valence-electron chi connectivity index (χ3n) is 5.16. The van der Waals surface area contributed by atoms with E-state index in [1.54, 1.807) is 0 Å². The molecule has 0 N–H and O–H groups in total. The lowest BCUT2D eigenvalue weighted by Gasteiger charge is -2.27. The van der Waals surface area contributed by atoms with Crippen molar-refractivity contribution >= 4 is 23.2 Å². The van der Waals surface area contributed by atoms with E-state index in [0.717, 1.165) is 13.0 Å². The van der Waals surface area contributed by atoms with Gasteiger partial charge in [-0.25, -0.2) is 0 Å². The minimum atomic E-state index is -1.81. The van der Waals surface area contributed by atoms with Gasteiger partial charge >= 0.3 is 0 Å². The van der Waals surface area contributed by atoms with Crippen LogP contribution in [0.25, 0.3) is 0 Å². The highest BCUT2D eigenvalue weighted by molar-refractivity contribution is 7.97. The lowest BCUT2D eigenvalue weighted by atomic mass is 10.2. The first kappa shape index (κ1) is 17.5. The second-order valence-corrected chi connectivity index (χ2v) is 10.1. The highest BCUT2D eigenvalue weighted by Crippen LogP contribution is 2.59. The minimum absolute atomic E-state index is 0.366. The Balaban J connectivity index is 1.84. The lowest BCUT2D eigenvalue weighted by molar-refractivity contribution is 0.112. The van der Waals surface area contributed by atoms with Crippen LogP contribution in [0, 0.1) is 6.16 Å². The van der Waals surface area contributed by atoms with Crippen molar-refractivity contribution in [2.24, 2.45) is 0 Å². The number of ether oxygens (including phenoxy) is 1. The summed E-state index contributed by atoms with van der Waals surface area (Å²) in [6.45, 7) is 0.909. The number of benzene rings is 3. The van der Waals surface area contributed by atoms with E-state index in [-0.39, 0.29) is 0 Å². The third kappa shape index (κ3) is 3.47. The van der Waals surface area contributed by atoms with E-state index in [1.807, 2.05) is 0 Å². The van der Waals surface area contributed by atoms with E-state index >= 15 is 0 Å². The molecule has 3 aromatic rings. The van der Waals surface area contributed by atoms with E-state index in [4.69, 9.17) is 4.74 Å². The Morgan fingerprint density at radius 3 is 1.58 bits per heavy atom. The van der Waals surface area contributed by atoms with Crippen LogP contribution in [0.1, 0.15) is 19.3 Å². The summed E-state index contributed by atoms with van der Waals surface area (Å²) in [6, 6.07) is 33.0. The van der Waals surface area contributed by atoms with E-state index in [1.165, 1.54) is 28.8 Å². The summed E-state index contributed by atoms with van der Waals surface area (Å²) < 4.78 is 5.94. The fourth-order valence-electron chi connectivity index (χ4n) is 3.86. The molecule has 0 aliphatic carbocycles. The summed E-state index contributed by atoms with van der Waals surface area (Å²) in [6.07, 6.45) is 6.32. The van der Waals surface area contributed by atoms with Crippen LogP contribution in [-0.4, -0.2) is 12.7 Å². The zero-order chi connectivity index (χ0) is 17.7. The molecular weight excluding hydrogens is 335 g/mol. The van der Waals surface area contributed by atoms with Crippen LogP contribution in [-0.2, 0) is 4.74 Å². The lowest BCUT2D eigenvalue weighted by Crippen LogP contribution is -2.32. The van der Waals surface area contributed by atoms with Gasteiger partial charge in [-0.05, 0) is 49.2 Å². The molecule has 1 heterocycles. The second kappa shape index (κ2) is 8.16. The third-order valence-corrected chi connectivity index (χ3v) is 9.25. The Labute approximate surface area is 157 Å². The van der Waals surface area contributed by atoms with Gasteiger partial charge in [-0.3, -0.25) is 0 Å². The molecule has 1 unspecified atom stereocenters. The molecule has 26 heavy (non-hydrogen) atoms. The predicted octanol–water partition coefficient (Wildman–Crippen LogP) is 4.71. The normalized spacial score (nSPS) is 17.3. The summed E-state index contributed by atoms with van der Waals surface area (Å²) in [5.41, 5.74) is 0. The largest absolute Gasteiger partial charge is 0.378 e. The maximum atomic E-state index is 5.94. The maximum absolute atomic E-state index is 5.94. The Hall–Kier alpha value is -1.95. The Morgan fingerprint density at radius 2 is 1.19 bits per heavy atom. The van der Waals surface area contributed by atoms with Gasteiger partial charge in [0.05, 0.1) is 6.10 Å². The summed E-state index contributed by atoms with van der Waals surface area (Å²) in [7, 11) is -1.81. The molecule has 0 spiro atoms. The first-order valence-corrected chi connectivity index (χ1v) is 11.3. The summed E-state index contributed by atoms with van der Waals surface area (Å²) in [5, 5.41) is 4.24. The number of rotatable bonds is 6. The zero-order valence-electron chi connectivity index (χ0n) is 15.0. The quantitative estimate of drug-likeness (QED) is 0.579. The Kier molecular flexibility index (Phi) is 5.48. The molecule has 1 nitrogen and oxygen atoms in total. The first-order chi connectivity index (χ1) is 12.9. The van der Waals surface area contributed by atoms with Gasteiger partial charge < -0.3 is 4.74 Å². The van der Waals surface area contributed by atoms with Crippen LogP contribution in [0.3, 0.4) is 0 Å². The molecule has 1 aliphatic rings. The van der Waals surface area contributed by atoms with Crippen molar-refractivity contribution in [2.75, 3.05) is 6.61 Å². The predicted molar refractivity (Wildman–Crippen MR) is 113 cm³/mol. The van der Waals surface area contributed by atoms with E-state index in [9.17, 15) is 0 Å². The van der Waals surface area contributed by atoms with Crippen LogP contribution >= 0.6 is 7.26 Å².